The van der Waals surface area contributed by atoms with Crippen molar-refractivity contribution in [2.24, 2.45) is 23.7 Å². The van der Waals surface area contributed by atoms with E-state index in [2.05, 4.69) is 55.4 Å². The van der Waals surface area contributed by atoms with Crippen LogP contribution in [-0.4, -0.2) is 96.7 Å². The normalized spacial score (nSPS) is 15.0. The maximum atomic E-state index is 13.1. The molecule has 8 atom stereocenters. The minimum Gasteiger partial charge on any atom is -0.462 e. The Balaban J connectivity index is 5.25. The first-order valence-electron chi connectivity index (χ1n) is 38.8. The van der Waals surface area contributed by atoms with E-state index >= 15 is 0 Å². The van der Waals surface area contributed by atoms with Crippen LogP contribution >= 0.6 is 15.6 Å². The number of rotatable bonds is 72. The SMILES string of the molecule is CCC(C)CCCCCCCCCCCCC(=O)O[C@H](COC(=O)CCCCCCCCC(C)CC)COP(=O)(O)OC[C@H](O)COP(=O)(O)OC[C@@H](COC(=O)CCCCCCCCCCC(C)CC)OC(=O)CCCCCCCCCCCCCCCCCC(C)C. The van der Waals surface area contributed by atoms with Crippen LogP contribution in [-0.2, 0) is 65.4 Å². The van der Waals surface area contributed by atoms with Crippen LogP contribution in [0.2, 0.25) is 0 Å². The van der Waals surface area contributed by atoms with E-state index in [9.17, 15) is 43.2 Å². The summed E-state index contributed by atoms with van der Waals surface area (Å²) < 4.78 is 68.5. The van der Waals surface area contributed by atoms with Gasteiger partial charge in [0.05, 0.1) is 26.4 Å². The molecule has 0 aromatic heterocycles. The van der Waals surface area contributed by atoms with Gasteiger partial charge in [0.1, 0.15) is 19.3 Å². The zero-order valence-corrected chi connectivity index (χ0v) is 63.4. The molecule has 5 unspecified atom stereocenters. The lowest BCUT2D eigenvalue weighted by atomic mass is 9.99. The van der Waals surface area contributed by atoms with Crippen LogP contribution in [0.5, 0.6) is 0 Å². The fraction of sp³-hybridized carbons (Fsp3) is 0.947. The van der Waals surface area contributed by atoms with Crippen molar-refractivity contribution in [1.29, 1.82) is 0 Å². The number of hydrogen-bond acceptors (Lipinski definition) is 15. The van der Waals surface area contributed by atoms with Gasteiger partial charge in [0, 0.05) is 25.7 Å². The first kappa shape index (κ1) is 92.1. The number of esters is 4. The Hall–Kier alpha value is -1.94. The molecule has 558 valence electrons. The van der Waals surface area contributed by atoms with Crippen molar-refractivity contribution in [3.63, 3.8) is 0 Å². The fourth-order valence-corrected chi connectivity index (χ4v) is 12.9. The van der Waals surface area contributed by atoms with E-state index in [-0.39, 0.29) is 25.7 Å². The third-order valence-electron chi connectivity index (χ3n) is 18.4. The second-order valence-electron chi connectivity index (χ2n) is 28.2. The number of carbonyl (C=O) groups excluding carboxylic acids is 4. The maximum Gasteiger partial charge on any atom is 0.472 e. The zero-order valence-electron chi connectivity index (χ0n) is 61.6. The number of aliphatic hydroxyl groups excluding tert-OH is 1. The highest BCUT2D eigenvalue weighted by Gasteiger charge is 2.30. The van der Waals surface area contributed by atoms with Gasteiger partial charge in [-0.2, -0.15) is 0 Å². The molecule has 0 radical (unpaired) electrons. The molecule has 0 heterocycles. The molecule has 0 amide bonds. The summed E-state index contributed by atoms with van der Waals surface area (Å²) in [7, 11) is -9.91. The van der Waals surface area contributed by atoms with E-state index in [1.54, 1.807) is 0 Å². The Morgan fingerprint density at radius 1 is 0.298 bits per heavy atom. The van der Waals surface area contributed by atoms with Crippen molar-refractivity contribution in [2.75, 3.05) is 39.6 Å². The highest BCUT2D eigenvalue weighted by Crippen LogP contribution is 2.45. The third kappa shape index (κ3) is 64.7. The second-order valence-corrected chi connectivity index (χ2v) is 31.1. The number of unbranched alkanes of at least 4 members (excludes halogenated alkanes) is 35. The molecule has 0 spiro atoms. The molecule has 0 aromatic rings. The molecular formula is C75H146O17P2. The predicted octanol–water partition coefficient (Wildman–Crippen LogP) is 21.7. The average molecular weight is 1380 g/mol. The average Bonchev–Trinajstić information content (AvgIpc) is 2.11. The predicted molar refractivity (Wildman–Crippen MR) is 381 cm³/mol. The van der Waals surface area contributed by atoms with E-state index in [1.165, 1.54) is 173 Å². The minimum absolute atomic E-state index is 0.105. The monoisotopic (exact) mass is 1380 g/mol. The first-order valence-corrected chi connectivity index (χ1v) is 41.8. The van der Waals surface area contributed by atoms with Crippen molar-refractivity contribution < 1.29 is 80.2 Å². The van der Waals surface area contributed by atoms with Crippen LogP contribution in [0.1, 0.15) is 376 Å². The van der Waals surface area contributed by atoms with Crippen LogP contribution in [0.15, 0.2) is 0 Å². The molecule has 0 saturated carbocycles. The molecule has 0 rings (SSSR count). The number of aliphatic hydroxyl groups is 1. The molecule has 19 heteroatoms. The van der Waals surface area contributed by atoms with Gasteiger partial charge >= 0.3 is 39.5 Å². The van der Waals surface area contributed by atoms with Crippen LogP contribution < -0.4 is 0 Å². The van der Waals surface area contributed by atoms with Crippen molar-refractivity contribution in [3.8, 4) is 0 Å². The van der Waals surface area contributed by atoms with Crippen molar-refractivity contribution >= 4 is 39.5 Å². The van der Waals surface area contributed by atoms with Gasteiger partial charge in [-0.3, -0.25) is 37.3 Å². The van der Waals surface area contributed by atoms with E-state index < -0.39 is 97.5 Å². The summed E-state index contributed by atoms with van der Waals surface area (Å²) in [6.07, 6.45) is 48.5. The molecule has 0 aliphatic carbocycles. The summed E-state index contributed by atoms with van der Waals surface area (Å²) in [6.45, 7) is 14.2. The van der Waals surface area contributed by atoms with Crippen LogP contribution in [0.25, 0.3) is 0 Å². The van der Waals surface area contributed by atoms with E-state index in [0.29, 0.717) is 25.7 Å². The topological polar surface area (TPSA) is 237 Å². The van der Waals surface area contributed by atoms with Gasteiger partial charge < -0.3 is 33.8 Å². The quantitative estimate of drug-likeness (QED) is 0.0222. The standard InChI is InChI=1S/C75H146O17P2/c1-9-66(6)52-44-36-28-22-19-20-24-32-42-50-58-75(80)92-71(62-86-73(78)56-48-40-34-33-38-46-54-68(8)11-3)64-90-94(83,84)88-60-69(76)59-87-93(81,82)89-63-70(61-85-72(77)55-47-39-30-26-25-29-37-45-53-67(7)10-2)91-74(79)57-49-41-31-23-18-16-14-12-13-15-17-21-27-35-43-51-65(4)5/h65-71,76H,9-64H2,1-8H3,(H,81,82)(H,83,84)/t66?,67?,68?,69-,70-,71-/m1/s1. The molecule has 94 heavy (non-hydrogen) atoms. The Kier molecular flexibility index (Phi) is 63.1. The van der Waals surface area contributed by atoms with Gasteiger partial charge in [0.25, 0.3) is 0 Å². The molecule has 0 bridgehead atoms. The number of ether oxygens (including phenoxy) is 4. The first-order chi connectivity index (χ1) is 45.2. The Morgan fingerprint density at radius 2 is 0.511 bits per heavy atom. The minimum atomic E-state index is -4.96. The second kappa shape index (κ2) is 64.4. The molecule has 0 aliphatic heterocycles. The molecule has 3 N–H and O–H groups in total. The summed E-state index contributed by atoms with van der Waals surface area (Å²) in [5.74, 6) is 0.991. The van der Waals surface area contributed by atoms with E-state index in [0.717, 1.165) is 120 Å². The van der Waals surface area contributed by atoms with E-state index in [4.69, 9.17) is 37.0 Å². The van der Waals surface area contributed by atoms with Gasteiger partial charge in [-0.1, -0.05) is 325 Å². The summed E-state index contributed by atoms with van der Waals surface area (Å²) >= 11 is 0. The fourth-order valence-electron chi connectivity index (χ4n) is 11.3. The lowest BCUT2D eigenvalue weighted by Crippen LogP contribution is -2.30. The maximum absolute atomic E-state index is 13.1. The lowest BCUT2D eigenvalue weighted by Gasteiger charge is -2.21. The number of hydrogen-bond donors (Lipinski definition) is 3. The van der Waals surface area contributed by atoms with Gasteiger partial charge in [-0.25, -0.2) is 9.13 Å². The number of carbonyl (C=O) groups is 4. The Bertz CT molecular complexity index is 1860. The summed E-state index contributed by atoms with van der Waals surface area (Å²) in [6, 6.07) is 0. The number of phosphoric acid groups is 2. The van der Waals surface area contributed by atoms with Crippen LogP contribution in [0.3, 0.4) is 0 Å². The van der Waals surface area contributed by atoms with Crippen LogP contribution in [0, 0.1) is 23.7 Å². The van der Waals surface area contributed by atoms with E-state index in [1.807, 2.05) is 0 Å². The molecule has 0 aliphatic rings. The molecule has 0 saturated heterocycles. The zero-order chi connectivity index (χ0) is 69.6. The molecular weight excluding hydrogens is 1230 g/mol. The largest absolute Gasteiger partial charge is 0.472 e. The van der Waals surface area contributed by atoms with Crippen molar-refractivity contribution in [2.45, 2.75) is 395 Å². The lowest BCUT2D eigenvalue weighted by molar-refractivity contribution is -0.161. The summed E-state index contributed by atoms with van der Waals surface area (Å²) in [5, 5.41) is 10.6. The molecule has 0 aromatic carbocycles. The van der Waals surface area contributed by atoms with Crippen molar-refractivity contribution in [3.05, 3.63) is 0 Å². The molecule has 0 fully saturated rings. The highest BCUT2D eigenvalue weighted by molar-refractivity contribution is 7.47. The van der Waals surface area contributed by atoms with Crippen LogP contribution in [0.4, 0.5) is 0 Å². The number of phosphoric ester groups is 2. The third-order valence-corrected chi connectivity index (χ3v) is 20.3. The van der Waals surface area contributed by atoms with Gasteiger partial charge in [-0.05, 0) is 49.4 Å². The summed E-state index contributed by atoms with van der Waals surface area (Å²) in [4.78, 5) is 72.8. The van der Waals surface area contributed by atoms with Gasteiger partial charge in [-0.15, -0.1) is 0 Å². The van der Waals surface area contributed by atoms with Gasteiger partial charge in [0.2, 0.25) is 0 Å². The summed E-state index contributed by atoms with van der Waals surface area (Å²) in [5.41, 5.74) is 0. The Labute approximate surface area is 575 Å². The van der Waals surface area contributed by atoms with Crippen molar-refractivity contribution in [1.82, 2.24) is 0 Å². The highest BCUT2D eigenvalue weighted by atomic mass is 31.2. The smallest absolute Gasteiger partial charge is 0.462 e. The Morgan fingerprint density at radius 3 is 0.755 bits per heavy atom. The van der Waals surface area contributed by atoms with Gasteiger partial charge in [0.15, 0.2) is 12.2 Å². The molecule has 17 nitrogen and oxygen atoms in total.